The number of anilines is 2. The van der Waals surface area contributed by atoms with Crippen molar-refractivity contribution in [1.29, 1.82) is 0 Å². The van der Waals surface area contributed by atoms with Crippen molar-refractivity contribution in [1.82, 2.24) is 9.97 Å². The average molecular weight is 262 g/mol. The summed E-state index contributed by atoms with van der Waals surface area (Å²) in [6.45, 7) is 2.97. The number of rotatable bonds is 6. The number of nitrogens with two attached hydrogens (primary N) is 1. The van der Waals surface area contributed by atoms with E-state index in [1.165, 1.54) is 4.88 Å². The second-order valence-electron chi connectivity index (χ2n) is 4.10. The smallest absolute Gasteiger partial charge is 0.133 e. The summed E-state index contributed by atoms with van der Waals surface area (Å²) in [7, 11) is 0. The molecule has 0 saturated carbocycles. The highest BCUT2D eigenvalue weighted by molar-refractivity contribution is 7.09. The van der Waals surface area contributed by atoms with Crippen molar-refractivity contribution in [3.63, 3.8) is 0 Å². The molecule has 0 unspecified atom stereocenters. The topological polar surface area (TPSA) is 63.8 Å². The minimum atomic E-state index is 0.534. The Morgan fingerprint density at radius 1 is 1.33 bits per heavy atom. The van der Waals surface area contributed by atoms with E-state index in [0.717, 1.165) is 37.4 Å². The van der Waals surface area contributed by atoms with Gasteiger partial charge in [0.1, 0.15) is 17.5 Å². The van der Waals surface area contributed by atoms with E-state index in [0.29, 0.717) is 5.82 Å². The Bertz CT molecular complexity index is 482. The van der Waals surface area contributed by atoms with Crippen molar-refractivity contribution in [3.05, 3.63) is 34.3 Å². The van der Waals surface area contributed by atoms with Crippen LogP contribution in [0, 0.1) is 0 Å². The third-order valence-electron chi connectivity index (χ3n) is 2.52. The predicted molar refractivity (Wildman–Crippen MR) is 77.0 cm³/mol. The quantitative estimate of drug-likeness (QED) is 0.840. The maximum atomic E-state index is 5.77. The molecule has 0 spiro atoms. The number of nitrogens with one attached hydrogen (secondary N) is 1. The van der Waals surface area contributed by atoms with Crippen molar-refractivity contribution < 1.29 is 0 Å². The minimum Gasteiger partial charge on any atom is -0.384 e. The second kappa shape index (κ2) is 6.35. The molecular formula is C13H18N4S. The van der Waals surface area contributed by atoms with Crippen LogP contribution in [0.2, 0.25) is 0 Å². The molecule has 0 saturated heterocycles. The van der Waals surface area contributed by atoms with Crippen molar-refractivity contribution in [2.75, 3.05) is 17.6 Å². The molecule has 0 aliphatic rings. The number of hydrogen-bond donors (Lipinski definition) is 2. The van der Waals surface area contributed by atoms with Crippen LogP contribution in [0.25, 0.3) is 0 Å². The number of thiophene rings is 1. The first-order valence-corrected chi connectivity index (χ1v) is 7.05. The molecular weight excluding hydrogens is 244 g/mol. The van der Waals surface area contributed by atoms with E-state index < -0.39 is 0 Å². The molecule has 96 valence electrons. The molecule has 0 bridgehead atoms. The van der Waals surface area contributed by atoms with Gasteiger partial charge in [0, 0.05) is 23.9 Å². The number of aryl methyl sites for hydroxylation is 1. The zero-order valence-corrected chi connectivity index (χ0v) is 11.3. The SMILES string of the molecule is CCCc1nc(N)cc(NCCc2cccs2)n1. The van der Waals surface area contributed by atoms with Crippen molar-refractivity contribution in [2.24, 2.45) is 0 Å². The van der Waals surface area contributed by atoms with Crippen LogP contribution in [0.5, 0.6) is 0 Å². The summed E-state index contributed by atoms with van der Waals surface area (Å²) in [5.41, 5.74) is 5.77. The van der Waals surface area contributed by atoms with E-state index in [1.54, 1.807) is 17.4 Å². The van der Waals surface area contributed by atoms with Gasteiger partial charge in [0.25, 0.3) is 0 Å². The summed E-state index contributed by atoms with van der Waals surface area (Å²) < 4.78 is 0. The Morgan fingerprint density at radius 2 is 2.22 bits per heavy atom. The minimum absolute atomic E-state index is 0.534. The molecule has 2 heterocycles. The first kappa shape index (κ1) is 12.8. The zero-order valence-electron chi connectivity index (χ0n) is 10.5. The summed E-state index contributed by atoms with van der Waals surface area (Å²) in [5.74, 6) is 2.17. The molecule has 4 nitrogen and oxygen atoms in total. The largest absolute Gasteiger partial charge is 0.384 e. The lowest BCUT2D eigenvalue weighted by Gasteiger charge is -2.07. The summed E-state index contributed by atoms with van der Waals surface area (Å²) >= 11 is 1.78. The fourth-order valence-corrected chi connectivity index (χ4v) is 2.42. The molecule has 0 aliphatic heterocycles. The van der Waals surface area contributed by atoms with Gasteiger partial charge in [-0.15, -0.1) is 11.3 Å². The van der Waals surface area contributed by atoms with Gasteiger partial charge in [-0.2, -0.15) is 0 Å². The van der Waals surface area contributed by atoms with Gasteiger partial charge in [0.05, 0.1) is 0 Å². The number of aromatic nitrogens is 2. The Hall–Kier alpha value is -1.62. The molecule has 2 rings (SSSR count). The van der Waals surface area contributed by atoms with Crippen LogP contribution >= 0.6 is 11.3 Å². The Morgan fingerprint density at radius 3 is 2.94 bits per heavy atom. The van der Waals surface area contributed by atoms with E-state index in [2.05, 4.69) is 39.7 Å². The maximum Gasteiger partial charge on any atom is 0.133 e. The fraction of sp³-hybridized carbons (Fsp3) is 0.385. The highest BCUT2D eigenvalue weighted by Crippen LogP contribution is 2.12. The Balaban J connectivity index is 1.92. The monoisotopic (exact) mass is 262 g/mol. The van der Waals surface area contributed by atoms with E-state index in [4.69, 9.17) is 5.73 Å². The first-order chi connectivity index (χ1) is 8.78. The molecule has 0 amide bonds. The lowest BCUT2D eigenvalue weighted by molar-refractivity contribution is 0.836. The maximum absolute atomic E-state index is 5.77. The van der Waals surface area contributed by atoms with Gasteiger partial charge in [0.15, 0.2) is 0 Å². The number of nitrogens with zero attached hydrogens (tertiary/aromatic N) is 2. The summed E-state index contributed by atoms with van der Waals surface area (Å²) in [4.78, 5) is 10.0. The first-order valence-electron chi connectivity index (χ1n) is 6.17. The third kappa shape index (κ3) is 3.70. The third-order valence-corrected chi connectivity index (χ3v) is 3.46. The normalized spacial score (nSPS) is 10.5. The molecule has 18 heavy (non-hydrogen) atoms. The van der Waals surface area contributed by atoms with Crippen LogP contribution in [0.1, 0.15) is 24.0 Å². The van der Waals surface area contributed by atoms with E-state index in [9.17, 15) is 0 Å². The van der Waals surface area contributed by atoms with Crippen LogP contribution in [-0.4, -0.2) is 16.5 Å². The molecule has 2 aromatic rings. The standard InChI is InChI=1S/C13H18N4S/c1-2-4-12-16-11(14)9-13(17-12)15-7-6-10-5-3-8-18-10/h3,5,8-9H,2,4,6-7H2,1H3,(H3,14,15,16,17). The number of nitrogen functional groups attached to an aromatic ring is 1. The highest BCUT2D eigenvalue weighted by atomic mass is 32.1. The van der Waals surface area contributed by atoms with Crippen LogP contribution in [0.4, 0.5) is 11.6 Å². The van der Waals surface area contributed by atoms with Gasteiger partial charge in [0.2, 0.25) is 0 Å². The molecule has 0 radical (unpaired) electrons. The molecule has 0 aromatic carbocycles. The van der Waals surface area contributed by atoms with Gasteiger partial charge in [-0.05, 0) is 24.3 Å². The average Bonchev–Trinajstić information content (AvgIpc) is 2.82. The van der Waals surface area contributed by atoms with Crippen LogP contribution < -0.4 is 11.1 Å². The van der Waals surface area contributed by atoms with Crippen molar-refractivity contribution >= 4 is 23.0 Å². The summed E-state index contributed by atoms with van der Waals surface area (Å²) in [5, 5.41) is 5.39. The van der Waals surface area contributed by atoms with Gasteiger partial charge in [-0.3, -0.25) is 0 Å². The van der Waals surface area contributed by atoms with E-state index in [1.807, 2.05) is 0 Å². The summed E-state index contributed by atoms with van der Waals surface area (Å²) in [6.07, 6.45) is 2.90. The van der Waals surface area contributed by atoms with Gasteiger partial charge in [-0.1, -0.05) is 13.0 Å². The summed E-state index contributed by atoms with van der Waals surface area (Å²) in [6, 6.07) is 6.00. The Labute approximate surface area is 111 Å². The fourth-order valence-electron chi connectivity index (χ4n) is 1.71. The van der Waals surface area contributed by atoms with E-state index in [-0.39, 0.29) is 0 Å². The highest BCUT2D eigenvalue weighted by Gasteiger charge is 2.02. The van der Waals surface area contributed by atoms with Crippen LogP contribution in [0.3, 0.4) is 0 Å². The van der Waals surface area contributed by atoms with Crippen LogP contribution in [-0.2, 0) is 12.8 Å². The molecule has 5 heteroatoms. The van der Waals surface area contributed by atoms with E-state index >= 15 is 0 Å². The second-order valence-corrected chi connectivity index (χ2v) is 5.13. The molecule has 0 aliphatic carbocycles. The molecule has 3 N–H and O–H groups in total. The Kier molecular flexibility index (Phi) is 4.52. The van der Waals surface area contributed by atoms with Crippen LogP contribution in [0.15, 0.2) is 23.6 Å². The van der Waals surface area contributed by atoms with Gasteiger partial charge >= 0.3 is 0 Å². The predicted octanol–water partition coefficient (Wildman–Crippen LogP) is 2.73. The number of hydrogen-bond acceptors (Lipinski definition) is 5. The molecule has 2 aromatic heterocycles. The lowest BCUT2D eigenvalue weighted by Crippen LogP contribution is -2.09. The van der Waals surface area contributed by atoms with Gasteiger partial charge in [-0.25, -0.2) is 9.97 Å². The molecule has 0 fully saturated rings. The molecule has 0 atom stereocenters. The zero-order chi connectivity index (χ0) is 12.8. The van der Waals surface area contributed by atoms with Gasteiger partial charge < -0.3 is 11.1 Å². The lowest BCUT2D eigenvalue weighted by atomic mass is 10.3. The van der Waals surface area contributed by atoms with Crippen molar-refractivity contribution in [2.45, 2.75) is 26.2 Å². The van der Waals surface area contributed by atoms with Crippen molar-refractivity contribution in [3.8, 4) is 0 Å².